The fourth-order valence-corrected chi connectivity index (χ4v) is 2.95. The molecular formula is C12H13BrN2OS. The van der Waals surface area contributed by atoms with Gasteiger partial charge in [-0.05, 0) is 39.0 Å². The van der Waals surface area contributed by atoms with Gasteiger partial charge in [-0.3, -0.25) is 5.84 Å². The maximum Gasteiger partial charge on any atom is 0.124 e. The lowest BCUT2D eigenvalue weighted by atomic mass is 10.0. The van der Waals surface area contributed by atoms with Gasteiger partial charge < -0.3 is 4.74 Å². The fraction of sp³-hybridized carbons (Fsp3) is 0.167. The molecule has 0 aliphatic carbocycles. The molecule has 0 radical (unpaired) electrons. The van der Waals surface area contributed by atoms with Gasteiger partial charge in [-0.1, -0.05) is 18.2 Å². The van der Waals surface area contributed by atoms with Crippen molar-refractivity contribution in [3.8, 4) is 5.75 Å². The number of ether oxygens (including phenoxy) is 1. The molecule has 90 valence electrons. The van der Waals surface area contributed by atoms with Crippen LogP contribution in [0, 0.1) is 0 Å². The predicted octanol–water partition coefficient (Wildman–Crippen LogP) is 3.07. The van der Waals surface area contributed by atoms with Gasteiger partial charge >= 0.3 is 0 Å². The molecule has 0 fully saturated rings. The Morgan fingerprint density at radius 1 is 1.41 bits per heavy atom. The summed E-state index contributed by atoms with van der Waals surface area (Å²) >= 11 is 5.09. The Balaban J connectivity index is 2.41. The van der Waals surface area contributed by atoms with E-state index in [1.165, 1.54) is 0 Å². The quantitative estimate of drug-likeness (QED) is 0.674. The second kappa shape index (κ2) is 5.64. The number of rotatable bonds is 4. The fourth-order valence-electron chi connectivity index (χ4n) is 1.75. The summed E-state index contributed by atoms with van der Waals surface area (Å²) in [5.74, 6) is 6.48. The normalized spacial score (nSPS) is 12.4. The molecule has 0 saturated carbocycles. The van der Waals surface area contributed by atoms with Gasteiger partial charge in [0.05, 0.1) is 16.9 Å². The van der Waals surface area contributed by atoms with Crippen LogP contribution in [0.2, 0.25) is 0 Å². The van der Waals surface area contributed by atoms with Crippen molar-refractivity contribution in [1.82, 2.24) is 5.43 Å². The number of thiophene rings is 1. The second-order valence-electron chi connectivity index (χ2n) is 3.53. The summed E-state index contributed by atoms with van der Waals surface area (Å²) in [6.07, 6.45) is 0. The molecule has 0 saturated heterocycles. The first-order valence-electron chi connectivity index (χ1n) is 5.09. The topological polar surface area (TPSA) is 47.3 Å². The van der Waals surface area contributed by atoms with E-state index in [-0.39, 0.29) is 6.04 Å². The number of halogens is 1. The molecule has 1 aromatic heterocycles. The van der Waals surface area contributed by atoms with E-state index in [2.05, 4.69) is 32.8 Å². The van der Waals surface area contributed by atoms with Crippen LogP contribution in [-0.4, -0.2) is 7.11 Å². The summed E-state index contributed by atoms with van der Waals surface area (Å²) in [6.45, 7) is 0. The minimum absolute atomic E-state index is 0.0614. The summed E-state index contributed by atoms with van der Waals surface area (Å²) in [6, 6.07) is 9.86. The van der Waals surface area contributed by atoms with E-state index in [1.807, 2.05) is 24.3 Å². The molecule has 1 heterocycles. The molecule has 0 amide bonds. The van der Waals surface area contributed by atoms with Crippen molar-refractivity contribution < 1.29 is 4.74 Å². The maximum atomic E-state index is 5.65. The highest BCUT2D eigenvalue weighted by Crippen LogP contribution is 2.33. The first kappa shape index (κ1) is 12.6. The van der Waals surface area contributed by atoms with Gasteiger partial charge in [-0.25, -0.2) is 5.43 Å². The predicted molar refractivity (Wildman–Crippen MR) is 74.2 cm³/mol. The summed E-state index contributed by atoms with van der Waals surface area (Å²) in [7, 11) is 1.66. The molecule has 0 spiro atoms. The Labute approximate surface area is 113 Å². The Morgan fingerprint density at radius 2 is 2.18 bits per heavy atom. The molecule has 0 aliphatic rings. The van der Waals surface area contributed by atoms with Crippen LogP contribution < -0.4 is 16.0 Å². The molecule has 1 unspecified atom stereocenters. The Morgan fingerprint density at radius 3 is 2.76 bits per heavy atom. The minimum atomic E-state index is -0.0614. The standard InChI is InChI=1S/C12H13BrN2OS/c1-16-10-5-3-2-4-9(10)12(15-14)8-6-11(13)17-7-8/h2-7,12,15H,14H2,1H3. The largest absolute Gasteiger partial charge is 0.496 e. The lowest BCUT2D eigenvalue weighted by Gasteiger charge is -2.18. The van der Waals surface area contributed by atoms with Crippen molar-refractivity contribution in [3.63, 3.8) is 0 Å². The van der Waals surface area contributed by atoms with Gasteiger partial charge in [0.1, 0.15) is 5.75 Å². The summed E-state index contributed by atoms with van der Waals surface area (Å²) in [5, 5.41) is 2.07. The van der Waals surface area contributed by atoms with Crippen molar-refractivity contribution in [2.24, 2.45) is 5.84 Å². The molecule has 0 aliphatic heterocycles. The van der Waals surface area contributed by atoms with E-state index in [1.54, 1.807) is 18.4 Å². The van der Waals surface area contributed by atoms with Crippen molar-refractivity contribution in [2.45, 2.75) is 6.04 Å². The summed E-state index contributed by atoms with van der Waals surface area (Å²) in [5.41, 5.74) is 4.98. The van der Waals surface area contributed by atoms with Gasteiger partial charge in [-0.15, -0.1) is 11.3 Å². The number of hydrogen-bond donors (Lipinski definition) is 2. The van der Waals surface area contributed by atoms with Crippen molar-refractivity contribution in [2.75, 3.05) is 7.11 Å². The van der Waals surface area contributed by atoms with Crippen LogP contribution in [0.25, 0.3) is 0 Å². The number of hydrogen-bond acceptors (Lipinski definition) is 4. The van der Waals surface area contributed by atoms with Crippen molar-refractivity contribution in [1.29, 1.82) is 0 Å². The first-order chi connectivity index (χ1) is 8.26. The molecule has 5 heteroatoms. The third-order valence-electron chi connectivity index (χ3n) is 2.54. The van der Waals surface area contributed by atoms with Crippen LogP contribution >= 0.6 is 27.3 Å². The number of hydrazine groups is 1. The lowest BCUT2D eigenvalue weighted by molar-refractivity contribution is 0.404. The number of nitrogens with one attached hydrogen (secondary N) is 1. The van der Waals surface area contributed by atoms with Crippen LogP contribution in [0.4, 0.5) is 0 Å². The van der Waals surface area contributed by atoms with E-state index in [0.29, 0.717) is 0 Å². The zero-order chi connectivity index (χ0) is 12.3. The van der Waals surface area contributed by atoms with Crippen LogP contribution in [0.3, 0.4) is 0 Å². The molecule has 0 bridgehead atoms. The molecule has 1 aromatic carbocycles. The number of benzene rings is 1. The molecular weight excluding hydrogens is 300 g/mol. The Kier molecular flexibility index (Phi) is 4.17. The maximum absolute atomic E-state index is 5.65. The van der Waals surface area contributed by atoms with Gasteiger partial charge in [0.15, 0.2) is 0 Å². The first-order valence-corrected chi connectivity index (χ1v) is 6.76. The van der Waals surface area contributed by atoms with Gasteiger partial charge in [0, 0.05) is 5.56 Å². The Hall–Kier alpha value is -0.880. The van der Waals surface area contributed by atoms with E-state index in [4.69, 9.17) is 10.6 Å². The van der Waals surface area contributed by atoms with Crippen LogP contribution in [0.5, 0.6) is 5.75 Å². The van der Waals surface area contributed by atoms with Gasteiger partial charge in [0.2, 0.25) is 0 Å². The second-order valence-corrected chi connectivity index (χ2v) is 5.82. The van der Waals surface area contributed by atoms with Crippen LogP contribution in [0.1, 0.15) is 17.2 Å². The number of para-hydroxylation sites is 1. The molecule has 17 heavy (non-hydrogen) atoms. The monoisotopic (exact) mass is 312 g/mol. The van der Waals surface area contributed by atoms with E-state index in [0.717, 1.165) is 20.7 Å². The number of nitrogens with two attached hydrogens (primary N) is 1. The summed E-state index contributed by atoms with van der Waals surface area (Å²) < 4.78 is 6.44. The molecule has 1 atom stereocenters. The highest BCUT2D eigenvalue weighted by molar-refractivity contribution is 9.11. The summed E-state index contributed by atoms with van der Waals surface area (Å²) in [4.78, 5) is 0. The molecule has 3 nitrogen and oxygen atoms in total. The van der Waals surface area contributed by atoms with Gasteiger partial charge in [-0.2, -0.15) is 0 Å². The zero-order valence-electron chi connectivity index (χ0n) is 9.31. The minimum Gasteiger partial charge on any atom is -0.496 e. The smallest absolute Gasteiger partial charge is 0.124 e. The van der Waals surface area contributed by atoms with E-state index >= 15 is 0 Å². The average molecular weight is 313 g/mol. The van der Waals surface area contributed by atoms with Gasteiger partial charge in [0.25, 0.3) is 0 Å². The Bertz CT molecular complexity index is 501. The highest BCUT2D eigenvalue weighted by Gasteiger charge is 2.17. The van der Waals surface area contributed by atoms with Crippen molar-refractivity contribution in [3.05, 3.63) is 50.6 Å². The molecule has 3 N–H and O–H groups in total. The van der Waals surface area contributed by atoms with E-state index < -0.39 is 0 Å². The third kappa shape index (κ3) is 2.69. The SMILES string of the molecule is COc1ccccc1C(NN)c1csc(Br)c1. The van der Waals surface area contributed by atoms with E-state index in [9.17, 15) is 0 Å². The zero-order valence-corrected chi connectivity index (χ0v) is 11.7. The highest BCUT2D eigenvalue weighted by atomic mass is 79.9. The third-order valence-corrected chi connectivity index (χ3v) is 4.06. The van der Waals surface area contributed by atoms with Crippen LogP contribution in [0.15, 0.2) is 39.5 Å². The lowest BCUT2D eigenvalue weighted by Crippen LogP contribution is -2.28. The average Bonchev–Trinajstić information content (AvgIpc) is 2.77. The molecule has 2 rings (SSSR count). The van der Waals surface area contributed by atoms with Crippen molar-refractivity contribution >= 4 is 27.3 Å². The molecule has 2 aromatic rings. The number of methoxy groups -OCH3 is 1. The van der Waals surface area contributed by atoms with Crippen LogP contribution in [-0.2, 0) is 0 Å².